The lowest BCUT2D eigenvalue weighted by molar-refractivity contribution is 0.528. The third-order valence-corrected chi connectivity index (χ3v) is 3.89. The van der Waals surface area contributed by atoms with E-state index < -0.39 is 11.0 Å². The van der Waals surface area contributed by atoms with Crippen LogP contribution >= 0.6 is 11.6 Å². The van der Waals surface area contributed by atoms with Crippen molar-refractivity contribution in [2.45, 2.75) is 13.8 Å². The summed E-state index contributed by atoms with van der Waals surface area (Å²) in [6.45, 7) is 3.92. The Bertz CT molecular complexity index is 965. The van der Waals surface area contributed by atoms with Gasteiger partial charge in [-0.25, -0.2) is 4.98 Å². The Kier molecular flexibility index (Phi) is 3.99. The van der Waals surface area contributed by atoms with Gasteiger partial charge in [-0.2, -0.15) is 15.0 Å². The number of para-hydroxylation sites is 2. The molecule has 24 heavy (non-hydrogen) atoms. The lowest BCUT2D eigenvalue weighted by atomic mass is 9.96. The van der Waals surface area contributed by atoms with Gasteiger partial charge in [-0.15, -0.1) is 0 Å². The van der Waals surface area contributed by atoms with Crippen LogP contribution in [-0.4, -0.2) is 26.3 Å². The van der Waals surface area contributed by atoms with Crippen LogP contribution in [0.2, 0.25) is 5.02 Å². The van der Waals surface area contributed by atoms with E-state index in [1.165, 1.54) is 6.20 Å². The summed E-state index contributed by atoms with van der Waals surface area (Å²) in [6, 6.07) is 9.60. The number of aromatic amines is 1. The van der Waals surface area contributed by atoms with Gasteiger partial charge in [-0.1, -0.05) is 23.7 Å². The van der Waals surface area contributed by atoms with E-state index in [4.69, 9.17) is 16.9 Å². The zero-order valence-corrected chi connectivity index (χ0v) is 13.9. The fourth-order valence-corrected chi connectivity index (χ4v) is 2.30. The Hall–Kier alpha value is -2.85. The summed E-state index contributed by atoms with van der Waals surface area (Å²) >= 11 is 6.16. The molecule has 0 unspecified atom stereocenters. The molecule has 0 radical (unpaired) electrons. The van der Waals surface area contributed by atoms with E-state index in [2.05, 4.69) is 26.5 Å². The van der Waals surface area contributed by atoms with Crippen molar-refractivity contribution in [2.24, 2.45) is 5.41 Å². The fraction of sp³-hybridized carbons (Fsp3) is 0.250. The quantitative estimate of drug-likeness (QED) is 0.759. The maximum atomic E-state index is 12.5. The Morgan fingerprint density at radius 3 is 2.88 bits per heavy atom. The van der Waals surface area contributed by atoms with E-state index in [1.54, 1.807) is 13.8 Å². The largest absolute Gasteiger partial charge is 0.381 e. The normalized spacial score (nSPS) is 11.4. The monoisotopic (exact) mass is 342 g/mol. The molecule has 122 valence electrons. The molecule has 7 nitrogen and oxygen atoms in total. The predicted octanol–water partition coefficient (Wildman–Crippen LogP) is 2.72. The van der Waals surface area contributed by atoms with Gasteiger partial charge in [-0.05, 0) is 26.0 Å². The highest BCUT2D eigenvalue weighted by Crippen LogP contribution is 2.20. The SMILES string of the molecule is CC(C)(C#N)CNc1cnn(-c2nc3ccccc3[nH]2)c(=O)c1Cl. The first-order valence-corrected chi connectivity index (χ1v) is 7.67. The van der Waals surface area contributed by atoms with Crippen LogP contribution in [0.4, 0.5) is 5.69 Å². The van der Waals surface area contributed by atoms with Crippen molar-refractivity contribution in [2.75, 3.05) is 11.9 Å². The summed E-state index contributed by atoms with van der Waals surface area (Å²) in [6.07, 6.45) is 1.45. The Morgan fingerprint density at radius 1 is 1.42 bits per heavy atom. The first kappa shape index (κ1) is 16.0. The van der Waals surface area contributed by atoms with Crippen molar-refractivity contribution in [1.29, 1.82) is 5.26 Å². The Morgan fingerprint density at radius 2 is 2.17 bits per heavy atom. The lowest BCUT2D eigenvalue weighted by Crippen LogP contribution is -2.26. The van der Waals surface area contributed by atoms with Gasteiger partial charge < -0.3 is 10.3 Å². The van der Waals surface area contributed by atoms with E-state index in [9.17, 15) is 4.79 Å². The molecule has 0 amide bonds. The van der Waals surface area contributed by atoms with Crippen molar-refractivity contribution in [3.05, 3.63) is 45.8 Å². The molecule has 0 fully saturated rings. The number of imidazole rings is 1. The van der Waals surface area contributed by atoms with Crippen LogP contribution in [0.3, 0.4) is 0 Å². The molecule has 0 spiro atoms. The third kappa shape index (κ3) is 2.96. The predicted molar refractivity (Wildman–Crippen MR) is 92.4 cm³/mol. The Labute approximate surface area is 142 Å². The van der Waals surface area contributed by atoms with Gasteiger partial charge in [0.2, 0.25) is 5.95 Å². The maximum absolute atomic E-state index is 12.5. The molecule has 3 rings (SSSR count). The molecule has 0 aliphatic carbocycles. The fourth-order valence-electron chi connectivity index (χ4n) is 2.10. The molecular weight excluding hydrogens is 328 g/mol. The number of nitriles is 1. The van der Waals surface area contributed by atoms with Crippen LogP contribution in [0.25, 0.3) is 17.0 Å². The molecular formula is C16H15ClN6O. The van der Waals surface area contributed by atoms with Crippen molar-refractivity contribution >= 4 is 28.3 Å². The van der Waals surface area contributed by atoms with E-state index >= 15 is 0 Å². The summed E-state index contributed by atoms with van der Waals surface area (Å²) in [5.41, 5.74) is 0.843. The van der Waals surface area contributed by atoms with E-state index in [0.717, 1.165) is 15.7 Å². The number of hydrogen-bond acceptors (Lipinski definition) is 5. The van der Waals surface area contributed by atoms with Crippen molar-refractivity contribution in [3.8, 4) is 12.0 Å². The molecule has 0 bridgehead atoms. The molecule has 2 heterocycles. The van der Waals surface area contributed by atoms with Crippen molar-refractivity contribution < 1.29 is 0 Å². The number of anilines is 1. The number of fused-ring (bicyclic) bond motifs is 1. The minimum Gasteiger partial charge on any atom is -0.381 e. The summed E-state index contributed by atoms with van der Waals surface area (Å²) in [5.74, 6) is 0.298. The Balaban J connectivity index is 1.96. The first-order valence-electron chi connectivity index (χ1n) is 7.29. The van der Waals surface area contributed by atoms with Gasteiger partial charge in [0.15, 0.2) is 0 Å². The molecule has 0 saturated heterocycles. The van der Waals surface area contributed by atoms with E-state index in [1.807, 2.05) is 24.3 Å². The molecule has 2 N–H and O–H groups in total. The van der Waals surface area contributed by atoms with Gasteiger partial charge in [0.1, 0.15) is 5.02 Å². The topological polar surface area (TPSA) is 99.4 Å². The summed E-state index contributed by atoms with van der Waals surface area (Å²) in [7, 11) is 0. The van der Waals surface area contributed by atoms with Gasteiger partial charge in [-0.3, -0.25) is 4.79 Å². The number of halogens is 1. The van der Waals surface area contributed by atoms with Crippen LogP contribution in [-0.2, 0) is 0 Å². The zero-order valence-electron chi connectivity index (χ0n) is 13.2. The third-order valence-electron chi connectivity index (χ3n) is 3.52. The minimum atomic E-state index is -0.586. The minimum absolute atomic E-state index is 0.000745. The number of H-pyrrole nitrogens is 1. The average Bonchev–Trinajstić information content (AvgIpc) is 3.00. The second-order valence-corrected chi connectivity index (χ2v) is 6.39. The van der Waals surface area contributed by atoms with Gasteiger partial charge in [0.25, 0.3) is 5.56 Å². The van der Waals surface area contributed by atoms with Gasteiger partial charge in [0.05, 0.1) is 34.4 Å². The summed E-state index contributed by atoms with van der Waals surface area (Å²) < 4.78 is 1.11. The summed E-state index contributed by atoms with van der Waals surface area (Å²) in [5, 5.41) is 16.1. The number of hydrogen-bond donors (Lipinski definition) is 2. The second-order valence-electron chi connectivity index (χ2n) is 6.02. The van der Waals surface area contributed by atoms with E-state index in [-0.39, 0.29) is 5.02 Å². The molecule has 1 aromatic carbocycles. The summed E-state index contributed by atoms with van der Waals surface area (Å²) in [4.78, 5) is 19.8. The lowest BCUT2D eigenvalue weighted by Gasteiger charge is -2.17. The highest BCUT2D eigenvalue weighted by molar-refractivity contribution is 6.32. The van der Waals surface area contributed by atoms with Gasteiger partial charge in [0, 0.05) is 6.54 Å². The molecule has 2 aromatic heterocycles. The maximum Gasteiger partial charge on any atom is 0.295 e. The number of aromatic nitrogens is 4. The molecule has 8 heteroatoms. The standard InChI is InChI=1S/C16H15ClN6O/c1-16(2,8-18)9-19-12-7-20-23(14(24)13(12)17)15-21-10-5-3-4-6-11(10)22-15/h3-7,19H,9H2,1-2H3,(H,21,22). The highest BCUT2D eigenvalue weighted by Gasteiger charge is 2.18. The number of nitrogens with one attached hydrogen (secondary N) is 2. The van der Waals surface area contributed by atoms with E-state index in [0.29, 0.717) is 18.2 Å². The number of nitrogens with zero attached hydrogens (tertiary/aromatic N) is 4. The zero-order chi connectivity index (χ0) is 17.3. The first-order chi connectivity index (χ1) is 11.4. The molecule has 3 aromatic rings. The van der Waals surface area contributed by atoms with Crippen LogP contribution in [0.15, 0.2) is 35.3 Å². The molecule has 0 atom stereocenters. The smallest absolute Gasteiger partial charge is 0.295 e. The number of benzene rings is 1. The molecule has 0 aliphatic heterocycles. The van der Waals surface area contributed by atoms with Crippen LogP contribution in [0.1, 0.15) is 13.8 Å². The van der Waals surface area contributed by atoms with Crippen molar-refractivity contribution in [3.63, 3.8) is 0 Å². The molecule has 0 saturated carbocycles. The highest BCUT2D eigenvalue weighted by atomic mass is 35.5. The van der Waals surface area contributed by atoms with Gasteiger partial charge >= 0.3 is 0 Å². The van der Waals surface area contributed by atoms with Crippen LogP contribution in [0.5, 0.6) is 0 Å². The average molecular weight is 343 g/mol. The van der Waals surface area contributed by atoms with Crippen molar-refractivity contribution in [1.82, 2.24) is 19.7 Å². The second kappa shape index (κ2) is 5.98. The van der Waals surface area contributed by atoms with Crippen LogP contribution in [0, 0.1) is 16.7 Å². The number of rotatable bonds is 4. The van der Waals surface area contributed by atoms with Crippen LogP contribution < -0.4 is 10.9 Å². The molecule has 0 aliphatic rings.